The monoisotopic (exact) mass is 364 g/mol. The van der Waals surface area contributed by atoms with Gasteiger partial charge < -0.3 is 10.6 Å². The molecule has 0 spiro atoms. The van der Waals surface area contributed by atoms with Crippen molar-refractivity contribution in [1.82, 2.24) is 9.88 Å². The van der Waals surface area contributed by atoms with Gasteiger partial charge >= 0.3 is 0 Å². The number of nitrogens with zero attached hydrogens (tertiary/aromatic N) is 3. The Labute approximate surface area is 161 Å². The van der Waals surface area contributed by atoms with Crippen LogP contribution in [0.5, 0.6) is 0 Å². The number of nitrogens with two attached hydrogens (primary N) is 1. The first-order chi connectivity index (χ1) is 13.2. The van der Waals surface area contributed by atoms with E-state index in [2.05, 4.69) is 15.9 Å². The van der Waals surface area contributed by atoms with Crippen LogP contribution < -0.4 is 10.6 Å². The molecule has 2 heterocycles. The lowest BCUT2D eigenvalue weighted by Crippen LogP contribution is -2.47. The minimum absolute atomic E-state index is 0.418. The quantitative estimate of drug-likeness (QED) is 0.885. The van der Waals surface area contributed by atoms with E-state index < -0.39 is 5.91 Å². The number of carbonyl (C=O) groups excluding carboxylic acids is 1. The minimum atomic E-state index is -0.418. The van der Waals surface area contributed by atoms with Gasteiger partial charge in [-0.2, -0.15) is 0 Å². The first kappa shape index (κ1) is 18.0. The van der Waals surface area contributed by atoms with Gasteiger partial charge in [-0.15, -0.1) is 0 Å². The van der Waals surface area contributed by atoms with Crippen LogP contribution in [-0.4, -0.2) is 48.5 Å². The lowest BCUT2D eigenvalue weighted by molar-refractivity contribution is 0.100. The number of aromatic nitrogens is 1. The Morgan fingerprint density at radius 1 is 1.00 bits per heavy atom. The molecule has 1 aliphatic heterocycles. The Bertz CT molecular complexity index is 792. The zero-order chi connectivity index (χ0) is 18.6. The topological polar surface area (TPSA) is 62.5 Å². The van der Waals surface area contributed by atoms with Crippen LogP contribution in [0.4, 0.5) is 5.82 Å². The average molecular weight is 364 g/mol. The van der Waals surface area contributed by atoms with Crippen molar-refractivity contribution in [1.29, 1.82) is 0 Å². The molecule has 1 saturated carbocycles. The molecule has 27 heavy (non-hydrogen) atoms. The molecule has 2 aromatic rings. The van der Waals surface area contributed by atoms with Gasteiger partial charge in [0.25, 0.3) is 0 Å². The van der Waals surface area contributed by atoms with E-state index in [0.29, 0.717) is 5.56 Å². The predicted molar refractivity (Wildman–Crippen MR) is 109 cm³/mol. The largest absolute Gasteiger partial charge is 0.366 e. The molecule has 1 aromatic heterocycles. The number of primary amides is 1. The molecule has 4 rings (SSSR count). The molecule has 5 nitrogen and oxygen atoms in total. The predicted octanol–water partition coefficient (Wildman–Crippen LogP) is 3.16. The van der Waals surface area contributed by atoms with Gasteiger partial charge in [0, 0.05) is 43.9 Å². The van der Waals surface area contributed by atoms with Gasteiger partial charge in [-0.25, -0.2) is 4.98 Å². The van der Waals surface area contributed by atoms with E-state index >= 15 is 0 Å². The molecule has 0 atom stereocenters. The molecular formula is C22H28N4O. The third-order valence-electron chi connectivity index (χ3n) is 5.89. The maximum atomic E-state index is 11.7. The minimum Gasteiger partial charge on any atom is -0.366 e. The number of benzene rings is 1. The van der Waals surface area contributed by atoms with E-state index in [1.807, 2.05) is 30.3 Å². The van der Waals surface area contributed by atoms with Crippen molar-refractivity contribution in [3.05, 3.63) is 48.0 Å². The molecule has 142 valence electrons. The van der Waals surface area contributed by atoms with Gasteiger partial charge in [0.15, 0.2) is 0 Å². The smallest absolute Gasteiger partial charge is 0.249 e. The maximum Gasteiger partial charge on any atom is 0.249 e. The summed E-state index contributed by atoms with van der Waals surface area (Å²) in [5, 5.41) is 0. The van der Waals surface area contributed by atoms with Crippen LogP contribution in [0.15, 0.2) is 42.5 Å². The summed E-state index contributed by atoms with van der Waals surface area (Å²) in [6.45, 7) is 5.45. The van der Waals surface area contributed by atoms with Crippen LogP contribution in [0.3, 0.4) is 0 Å². The fourth-order valence-corrected chi connectivity index (χ4v) is 4.39. The summed E-state index contributed by atoms with van der Waals surface area (Å²) in [6, 6.07) is 13.4. The second kappa shape index (κ2) is 8.09. The van der Waals surface area contributed by atoms with Crippen molar-refractivity contribution in [2.45, 2.75) is 25.7 Å². The number of pyridine rings is 1. The summed E-state index contributed by atoms with van der Waals surface area (Å²) in [5.74, 6) is 1.47. The summed E-state index contributed by atoms with van der Waals surface area (Å²) in [4.78, 5) is 21.5. The molecule has 0 bridgehead atoms. The van der Waals surface area contributed by atoms with Gasteiger partial charge in [-0.3, -0.25) is 9.69 Å². The highest BCUT2D eigenvalue weighted by Gasteiger charge is 2.23. The summed E-state index contributed by atoms with van der Waals surface area (Å²) >= 11 is 0. The molecular weight excluding hydrogens is 336 g/mol. The van der Waals surface area contributed by atoms with Crippen molar-refractivity contribution in [3.8, 4) is 11.3 Å². The highest BCUT2D eigenvalue weighted by Crippen LogP contribution is 2.27. The van der Waals surface area contributed by atoms with Crippen molar-refractivity contribution in [2.75, 3.05) is 37.6 Å². The highest BCUT2D eigenvalue weighted by molar-refractivity contribution is 5.99. The highest BCUT2D eigenvalue weighted by atomic mass is 16.1. The Kier molecular flexibility index (Phi) is 5.39. The van der Waals surface area contributed by atoms with E-state index in [-0.39, 0.29) is 0 Å². The molecule has 0 radical (unpaired) electrons. The normalized spacial score (nSPS) is 18.7. The van der Waals surface area contributed by atoms with Gasteiger partial charge in [0.2, 0.25) is 5.91 Å². The average Bonchev–Trinajstić information content (AvgIpc) is 3.22. The fraction of sp³-hybridized carbons (Fsp3) is 0.455. The van der Waals surface area contributed by atoms with E-state index in [4.69, 9.17) is 10.7 Å². The van der Waals surface area contributed by atoms with E-state index in [1.54, 1.807) is 6.07 Å². The molecule has 2 aliphatic rings. The number of amides is 1. The SMILES string of the molecule is NC(=O)c1ccccc1-c1cccc(N2CCN(CC3CCCC3)CC2)n1. The molecule has 0 unspecified atom stereocenters. The molecule has 2 N–H and O–H groups in total. The van der Waals surface area contributed by atoms with Crippen LogP contribution in [0.25, 0.3) is 11.3 Å². The maximum absolute atomic E-state index is 11.7. The Morgan fingerprint density at radius 2 is 1.74 bits per heavy atom. The van der Waals surface area contributed by atoms with Crippen molar-refractivity contribution >= 4 is 11.7 Å². The fourth-order valence-electron chi connectivity index (χ4n) is 4.39. The van der Waals surface area contributed by atoms with Crippen molar-refractivity contribution in [3.63, 3.8) is 0 Å². The first-order valence-electron chi connectivity index (χ1n) is 10.0. The molecule has 5 heteroatoms. The number of hydrogen-bond acceptors (Lipinski definition) is 4. The number of hydrogen-bond donors (Lipinski definition) is 1. The zero-order valence-electron chi connectivity index (χ0n) is 15.8. The van der Waals surface area contributed by atoms with Crippen LogP contribution in [-0.2, 0) is 0 Å². The number of anilines is 1. The van der Waals surface area contributed by atoms with Crippen LogP contribution in [0.2, 0.25) is 0 Å². The lowest BCUT2D eigenvalue weighted by Gasteiger charge is -2.36. The Balaban J connectivity index is 1.45. The van der Waals surface area contributed by atoms with Gasteiger partial charge in [-0.1, -0.05) is 37.1 Å². The second-order valence-corrected chi connectivity index (χ2v) is 7.73. The Hall–Kier alpha value is -2.40. The first-order valence-corrected chi connectivity index (χ1v) is 10.0. The van der Waals surface area contributed by atoms with Crippen molar-refractivity contribution in [2.24, 2.45) is 11.7 Å². The molecule has 1 saturated heterocycles. The van der Waals surface area contributed by atoms with Crippen LogP contribution in [0.1, 0.15) is 36.0 Å². The summed E-state index contributed by atoms with van der Waals surface area (Å²) < 4.78 is 0. The van der Waals surface area contributed by atoms with E-state index in [9.17, 15) is 4.79 Å². The third kappa shape index (κ3) is 4.14. The summed E-state index contributed by atoms with van der Waals surface area (Å²) in [6.07, 6.45) is 5.63. The van der Waals surface area contributed by atoms with Crippen LogP contribution >= 0.6 is 0 Å². The second-order valence-electron chi connectivity index (χ2n) is 7.73. The van der Waals surface area contributed by atoms with Gasteiger partial charge in [0.05, 0.1) is 5.69 Å². The Morgan fingerprint density at radius 3 is 2.48 bits per heavy atom. The molecule has 2 fully saturated rings. The van der Waals surface area contributed by atoms with Crippen LogP contribution in [0, 0.1) is 5.92 Å². The molecule has 1 amide bonds. The third-order valence-corrected chi connectivity index (χ3v) is 5.89. The lowest BCUT2D eigenvalue weighted by atomic mass is 10.0. The number of carbonyl (C=O) groups is 1. The van der Waals surface area contributed by atoms with Gasteiger partial charge in [0.1, 0.15) is 5.82 Å². The summed E-state index contributed by atoms with van der Waals surface area (Å²) in [5.41, 5.74) is 7.65. The van der Waals surface area contributed by atoms with E-state index in [0.717, 1.165) is 49.2 Å². The zero-order valence-corrected chi connectivity index (χ0v) is 15.8. The standard InChI is InChI=1S/C22H28N4O/c23-22(27)19-9-4-3-8-18(19)20-10-5-11-21(24-20)26-14-12-25(13-15-26)16-17-6-1-2-7-17/h3-5,8-11,17H,1-2,6-7,12-16H2,(H2,23,27). The number of rotatable bonds is 5. The summed E-state index contributed by atoms with van der Waals surface area (Å²) in [7, 11) is 0. The van der Waals surface area contributed by atoms with E-state index in [1.165, 1.54) is 32.2 Å². The number of piperazine rings is 1. The molecule has 1 aliphatic carbocycles. The molecule has 1 aromatic carbocycles. The van der Waals surface area contributed by atoms with Crippen molar-refractivity contribution < 1.29 is 4.79 Å². The van der Waals surface area contributed by atoms with Gasteiger partial charge in [-0.05, 0) is 37.0 Å².